The lowest BCUT2D eigenvalue weighted by atomic mass is 10.0. The number of ether oxygens (including phenoxy) is 4. The van der Waals surface area contributed by atoms with Crippen molar-refractivity contribution in [2.24, 2.45) is 0 Å². The Kier molecular flexibility index (Phi) is 79.3. The van der Waals surface area contributed by atoms with E-state index in [9.17, 15) is 19.5 Å². The lowest BCUT2D eigenvalue weighted by Gasteiger charge is -2.26. The molecule has 0 aromatic heterocycles. The van der Waals surface area contributed by atoms with Crippen LogP contribution < -0.4 is 5.11 Å². The second kappa shape index (κ2) is 82.1. The smallest absolute Gasteiger partial charge is 0.306 e. The van der Waals surface area contributed by atoms with Gasteiger partial charge in [0.2, 0.25) is 0 Å². The third-order valence-corrected chi connectivity index (χ3v) is 19.6. The first-order valence-electron chi connectivity index (χ1n) is 43.7. The van der Waals surface area contributed by atoms with E-state index in [2.05, 4.69) is 98.9 Å². The van der Waals surface area contributed by atoms with E-state index in [0.717, 1.165) is 70.6 Å². The molecular weight excluding hydrogens is 1250 g/mol. The SMILES string of the molecule is CC/C=C\C/C=C\C/C=C\C/C=C\C/C=C\CCCCCCCCCCCCCCCCCCCCCCCCCC(=O)OC(COC(=O)CCCCCCCCCCCCCCCCCCCCCCCCCCC/C=C\C/C=C\CCCCCCC)COC(OCC[N+](C)(C)C)C(=O)[O-]. The molecule has 0 aliphatic heterocycles. The molecule has 0 radical (unpaired) electrons. The third kappa shape index (κ3) is 83.6. The number of allylic oxidation sites excluding steroid dienone is 14. The summed E-state index contributed by atoms with van der Waals surface area (Å²) in [6.07, 6.45) is 110. The van der Waals surface area contributed by atoms with Gasteiger partial charge in [-0.15, -0.1) is 0 Å². The van der Waals surface area contributed by atoms with Gasteiger partial charge in [-0.05, 0) is 89.9 Å². The predicted molar refractivity (Wildman–Crippen MR) is 435 cm³/mol. The summed E-state index contributed by atoms with van der Waals surface area (Å²) < 4.78 is 22.9. The Bertz CT molecular complexity index is 1940. The molecule has 0 aromatic carbocycles. The van der Waals surface area contributed by atoms with Gasteiger partial charge in [0, 0.05) is 12.8 Å². The molecule has 0 bridgehead atoms. The molecule has 9 heteroatoms. The zero-order valence-electron chi connectivity index (χ0n) is 67.5. The molecule has 0 heterocycles. The van der Waals surface area contributed by atoms with Gasteiger partial charge >= 0.3 is 11.9 Å². The summed E-state index contributed by atoms with van der Waals surface area (Å²) in [5.41, 5.74) is 0. The van der Waals surface area contributed by atoms with E-state index in [0.29, 0.717) is 23.9 Å². The molecule has 588 valence electrons. The lowest BCUT2D eigenvalue weighted by molar-refractivity contribution is -0.870. The Labute approximate surface area is 627 Å². The standard InChI is InChI=1S/C92H167NO8/c1-6-8-10-12-14-16-18-20-22-24-26-28-30-32-34-36-38-40-42-44-45-47-49-51-53-55-57-59-61-63-65-67-69-71-73-75-77-79-81-83-90(95)101-88(87-100-92(91(96)97)98-85-84-93(3,4)5)86-99-89(94)82-80-78-76-74-72-70-68-66-64-62-60-58-56-54-52-50-48-46-43-41-39-37-35-33-31-29-27-25-23-21-19-17-15-13-11-9-7-2/h8,10,14,16,19-22,25-28,32,34,88,92H,6-7,9,11-13,15,17-18,23-24,29-31,33,35-87H2,1-5H3/b10-8-,16-14-,21-19-,22-20-,27-25-,28-26-,34-32-. The van der Waals surface area contributed by atoms with Gasteiger partial charge in [-0.1, -0.05) is 407 Å². The number of hydrogen-bond acceptors (Lipinski definition) is 8. The number of unbranched alkanes of at least 4 members (excludes halogenated alkanes) is 53. The number of carbonyl (C=O) groups excluding carboxylic acids is 3. The van der Waals surface area contributed by atoms with Gasteiger partial charge in [0.25, 0.3) is 0 Å². The molecule has 0 aliphatic carbocycles. The minimum absolute atomic E-state index is 0.149. The molecule has 9 nitrogen and oxygen atoms in total. The molecule has 101 heavy (non-hydrogen) atoms. The van der Waals surface area contributed by atoms with E-state index < -0.39 is 24.3 Å². The highest BCUT2D eigenvalue weighted by Gasteiger charge is 2.22. The van der Waals surface area contributed by atoms with Crippen molar-refractivity contribution < 1.29 is 42.9 Å². The second-order valence-corrected chi connectivity index (χ2v) is 30.8. The normalized spacial score (nSPS) is 13.0. The molecule has 0 aromatic rings. The number of carboxylic acids is 1. The number of carboxylic acid groups (broad SMARTS) is 1. The largest absolute Gasteiger partial charge is 0.545 e. The highest BCUT2D eigenvalue weighted by atomic mass is 16.7. The van der Waals surface area contributed by atoms with Crippen molar-refractivity contribution in [3.05, 3.63) is 85.1 Å². The van der Waals surface area contributed by atoms with Crippen molar-refractivity contribution in [1.82, 2.24) is 0 Å². The molecule has 0 rings (SSSR count). The summed E-state index contributed by atoms with van der Waals surface area (Å²) in [5, 5.41) is 11.9. The quantitative estimate of drug-likeness (QED) is 0.0195. The minimum atomic E-state index is -1.62. The van der Waals surface area contributed by atoms with Crippen LogP contribution in [0.15, 0.2) is 85.1 Å². The topological polar surface area (TPSA) is 111 Å². The molecule has 0 saturated carbocycles. The summed E-state index contributed by atoms with van der Waals surface area (Å²) in [7, 11) is 5.95. The van der Waals surface area contributed by atoms with E-state index in [1.54, 1.807) is 0 Å². The van der Waals surface area contributed by atoms with Gasteiger partial charge in [-0.25, -0.2) is 0 Å². The van der Waals surface area contributed by atoms with Crippen LogP contribution in [-0.2, 0) is 33.3 Å². The molecule has 0 N–H and O–H groups in total. The second-order valence-electron chi connectivity index (χ2n) is 30.8. The number of esters is 2. The van der Waals surface area contributed by atoms with Crippen LogP contribution in [0.5, 0.6) is 0 Å². The maximum Gasteiger partial charge on any atom is 0.306 e. The molecule has 0 fully saturated rings. The molecule has 0 aliphatic rings. The van der Waals surface area contributed by atoms with Crippen molar-refractivity contribution in [3.8, 4) is 0 Å². The van der Waals surface area contributed by atoms with Crippen molar-refractivity contribution >= 4 is 17.9 Å². The predicted octanol–water partition coefficient (Wildman–Crippen LogP) is 27.2. The van der Waals surface area contributed by atoms with E-state index in [-0.39, 0.29) is 32.2 Å². The molecule has 2 atom stereocenters. The summed E-state index contributed by atoms with van der Waals surface area (Å²) in [4.78, 5) is 37.7. The fraction of sp³-hybridized carbons (Fsp3) is 0.815. The first-order chi connectivity index (χ1) is 49.6. The Morgan fingerprint density at radius 2 is 0.564 bits per heavy atom. The van der Waals surface area contributed by atoms with Crippen LogP contribution in [0, 0.1) is 0 Å². The highest BCUT2D eigenvalue weighted by Crippen LogP contribution is 2.20. The summed E-state index contributed by atoms with van der Waals surface area (Å²) in [5.74, 6) is -2.25. The molecule has 2 unspecified atom stereocenters. The van der Waals surface area contributed by atoms with Crippen molar-refractivity contribution in [3.63, 3.8) is 0 Å². The zero-order chi connectivity index (χ0) is 73.2. The van der Waals surface area contributed by atoms with Crippen molar-refractivity contribution in [1.29, 1.82) is 0 Å². The third-order valence-electron chi connectivity index (χ3n) is 19.6. The van der Waals surface area contributed by atoms with Gasteiger partial charge in [0.1, 0.15) is 13.2 Å². The molecule has 0 saturated heterocycles. The Balaban J connectivity index is 3.92. The van der Waals surface area contributed by atoms with Crippen LogP contribution in [-0.4, -0.2) is 82.3 Å². The minimum Gasteiger partial charge on any atom is -0.545 e. The van der Waals surface area contributed by atoms with Crippen LogP contribution in [0.1, 0.15) is 425 Å². The van der Waals surface area contributed by atoms with E-state index in [1.807, 2.05) is 21.1 Å². The fourth-order valence-corrected chi connectivity index (χ4v) is 13.0. The highest BCUT2D eigenvalue weighted by molar-refractivity contribution is 5.70. The summed E-state index contributed by atoms with van der Waals surface area (Å²) >= 11 is 0. The average Bonchev–Trinajstić information content (AvgIpc) is 1.21. The van der Waals surface area contributed by atoms with Gasteiger partial charge in [0.15, 0.2) is 12.4 Å². The summed E-state index contributed by atoms with van der Waals surface area (Å²) in [6.45, 7) is 4.69. The van der Waals surface area contributed by atoms with Crippen LogP contribution in [0.25, 0.3) is 0 Å². The molecule has 0 spiro atoms. The van der Waals surface area contributed by atoms with E-state index in [4.69, 9.17) is 18.9 Å². The number of rotatable bonds is 82. The maximum atomic E-state index is 13.0. The van der Waals surface area contributed by atoms with Crippen LogP contribution >= 0.6 is 0 Å². The first-order valence-corrected chi connectivity index (χ1v) is 43.7. The number of quaternary nitrogens is 1. The number of likely N-dealkylation sites (N-methyl/N-ethyl adjacent to an activating group) is 1. The van der Waals surface area contributed by atoms with Gasteiger partial charge in [-0.3, -0.25) is 9.59 Å². The zero-order valence-corrected chi connectivity index (χ0v) is 67.5. The van der Waals surface area contributed by atoms with Crippen LogP contribution in [0.2, 0.25) is 0 Å². The number of hydrogen-bond donors (Lipinski definition) is 0. The lowest BCUT2D eigenvalue weighted by Crippen LogP contribution is -2.44. The van der Waals surface area contributed by atoms with E-state index in [1.165, 1.54) is 321 Å². The first kappa shape index (κ1) is 97.5. The summed E-state index contributed by atoms with van der Waals surface area (Å²) in [6, 6.07) is 0. The maximum absolute atomic E-state index is 13.0. The number of aliphatic carboxylic acids is 1. The van der Waals surface area contributed by atoms with Gasteiger partial charge < -0.3 is 33.3 Å². The fourth-order valence-electron chi connectivity index (χ4n) is 13.0. The van der Waals surface area contributed by atoms with E-state index >= 15 is 0 Å². The molecule has 0 amide bonds. The van der Waals surface area contributed by atoms with Crippen LogP contribution in [0.3, 0.4) is 0 Å². The number of nitrogens with zero attached hydrogens (tertiary/aromatic N) is 1. The van der Waals surface area contributed by atoms with Crippen molar-refractivity contribution in [2.45, 2.75) is 437 Å². The Hall–Kier alpha value is -3.53. The monoisotopic (exact) mass is 1410 g/mol. The Morgan fingerprint density at radius 1 is 0.307 bits per heavy atom. The van der Waals surface area contributed by atoms with Crippen LogP contribution in [0.4, 0.5) is 0 Å². The van der Waals surface area contributed by atoms with Gasteiger partial charge in [-0.2, -0.15) is 0 Å². The Morgan fingerprint density at radius 3 is 0.842 bits per heavy atom. The number of carbonyl (C=O) groups is 3. The van der Waals surface area contributed by atoms with Crippen molar-refractivity contribution in [2.75, 3.05) is 47.5 Å². The molecular formula is C92H167NO8. The van der Waals surface area contributed by atoms with Gasteiger partial charge in [0.05, 0.1) is 40.3 Å². The average molecular weight is 1420 g/mol.